The largest absolute Gasteiger partial charge is 0.437 e. The summed E-state index contributed by atoms with van der Waals surface area (Å²) in [4.78, 5) is 5.53. The smallest absolute Gasteiger partial charge is 0.242 e. The molecule has 1 unspecified atom stereocenters. The highest BCUT2D eigenvalue weighted by Crippen LogP contribution is 2.30. The van der Waals surface area contributed by atoms with Crippen molar-refractivity contribution < 1.29 is 4.74 Å². The molecule has 3 rings (SSSR count). The van der Waals surface area contributed by atoms with Crippen LogP contribution < -0.4 is 10.5 Å². The monoisotopic (exact) mass is 301 g/mol. The number of imidazole rings is 1. The van der Waals surface area contributed by atoms with Gasteiger partial charge in [-0.1, -0.05) is 12.1 Å². The SMILES string of the molecule is Cc1ccc(C)c(Oc2nc3sccn3c2CC(C)N)c1. The average molecular weight is 301 g/mol. The summed E-state index contributed by atoms with van der Waals surface area (Å²) in [6.45, 7) is 6.09. The summed E-state index contributed by atoms with van der Waals surface area (Å²) in [5, 5.41) is 2.02. The molecule has 0 saturated heterocycles. The van der Waals surface area contributed by atoms with Gasteiger partial charge in [0.25, 0.3) is 0 Å². The zero-order valence-electron chi connectivity index (χ0n) is 12.5. The second-order valence-corrected chi connectivity index (χ2v) is 6.34. The van der Waals surface area contributed by atoms with Crippen LogP contribution in [-0.4, -0.2) is 15.4 Å². The number of rotatable bonds is 4. The van der Waals surface area contributed by atoms with Crippen LogP contribution >= 0.6 is 11.3 Å². The zero-order valence-corrected chi connectivity index (χ0v) is 13.3. The number of aryl methyl sites for hydroxylation is 2. The van der Waals surface area contributed by atoms with E-state index in [1.165, 1.54) is 5.56 Å². The Bertz CT molecular complexity index is 773. The normalized spacial score (nSPS) is 12.8. The zero-order chi connectivity index (χ0) is 15.0. The van der Waals surface area contributed by atoms with Crippen molar-refractivity contribution in [3.8, 4) is 11.6 Å². The van der Waals surface area contributed by atoms with Crippen molar-refractivity contribution >= 4 is 16.3 Å². The first-order chi connectivity index (χ1) is 10.0. The van der Waals surface area contributed by atoms with Crippen LogP contribution in [0, 0.1) is 13.8 Å². The number of thiazole rings is 1. The molecular formula is C16H19N3OS. The van der Waals surface area contributed by atoms with Gasteiger partial charge in [-0.2, -0.15) is 4.98 Å². The van der Waals surface area contributed by atoms with Crippen molar-refractivity contribution in [2.75, 3.05) is 0 Å². The minimum atomic E-state index is 0.0609. The van der Waals surface area contributed by atoms with E-state index in [4.69, 9.17) is 10.5 Å². The summed E-state index contributed by atoms with van der Waals surface area (Å²) in [6.07, 6.45) is 2.75. The lowest BCUT2D eigenvalue weighted by atomic mass is 10.1. The Morgan fingerprint density at radius 2 is 2.19 bits per heavy atom. The lowest BCUT2D eigenvalue weighted by molar-refractivity contribution is 0.453. The molecule has 1 aromatic carbocycles. The first kappa shape index (κ1) is 14.1. The van der Waals surface area contributed by atoms with Crippen LogP contribution in [0.15, 0.2) is 29.8 Å². The van der Waals surface area contributed by atoms with Crippen LogP contribution in [0.1, 0.15) is 23.7 Å². The maximum atomic E-state index is 6.08. The summed E-state index contributed by atoms with van der Waals surface area (Å²) in [5.41, 5.74) is 9.27. The van der Waals surface area contributed by atoms with Crippen molar-refractivity contribution in [3.63, 3.8) is 0 Å². The highest BCUT2D eigenvalue weighted by atomic mass is 32.1. The predicted octanol–water partition coefficient (Wildman–Crippen LogP) is 3.69. The van der Waals surface area contributed by atoms with Gasteiger partial charge in [0.05, 0.1) is 5.69 Å². The third kappa shape index (κ3) is 2.80. The summed E-state index contributed by atoms with van der Waals surface area (Å²) in [6, 6.07) is 6.24. The molecule has 1 atom stereocenters. The van der Waals surface area contributed by atoms with Crippen LogP contribution in [0.2, 0.25) is 0 Å². The second kappa shape index (κ2) is 5.50. The summed E-state index contributed by atoms with van der Waals surface area (Å²) < 4.78 is 8.15. The van der Waals surface area contributed by atoms with E-state index in [2.05, 4.69) is 28.4 Å². The third-order valence-electron chi connectivity index (χ3n) is 3.39. The van der Waals surface area contributed by atoms with E-state index in [-0.39, 0.29) is 6.04 Å². The molecule has 0 fully saturated rings. The second-order valence-electron chi connectivity index (χ2n) is 5.47. The van der Waals surface area contributed by atoms with Gasteiger partial charge in [0, 0.05) is 24.0 Å². The van der Waals surface area contributed by atoms with E-state index < -0.39 is 0 Å². The molecule has 2 N–H and O–H groups in total. The molecule has 0 aliphatic carbocycles. The van der Waals surface area contributed by atoms with E-state index in [9.17, 15) is 0 Å². The van der Waals surface area contributed by atoms with Gasteiger partial charge in [-0.15, -0.1) is 11.3 Å². The third-order valence-corrected chi connectivity index (χ3v) is 4.15. The van der Waals surface area contributed by atoms with Crippen molar-refractivity contribution in [2.24, 2.45) is 5.73 Å². The highest BCUT2D eigenvalue weighted by molar-refractivity contribution is 7.15. The Balaban J connectivity index is 2.03. The maximum absolute atomic E-state index is 6.08. The van der Waals surface area contributed by atoms with Gasteiger partial charge in [-0.05, 0) is 38.0 Å². The van der Waals surface area contributed by atoms with Gasteiger partial charge in [-0.3, -0.25) is 4.40 Å². The fraction of sp³-hybridized carbons (Fsp3) is 0.312. The fourth-order valence-corrected chi connectivity index (χ4v) is 3.03. The molecule has 0 spiro atoms. The molecule has 0 bridgehead atoms. The molecule has 0 aliphatic rings. The summed E-state index contributed by atoms with van der Waals surface area (Å²) in [5.74, 6) is 1.51. The Morgan fingerprint density at radius 3 is 2.95 bits per heavy atom. The van der Waals surface area contributed by atoms with E-state index in [1.807, 2.05) is 31.5 Å². The molecule has 2 heterocycles. The number of aromatic nitrogens is 2. The molecule has 0 saturated carbocycles. The molecule has 3 aromatic rings. The van der Waals surface area contributed by atoms with Crippen LogP contribution in [0.4, 0.5) is 0 Å². The molecule has 0 aliphatic heterocycles. The molecular weight excluding hydrogens is 282 g/mol. The van der Waals surface area contributed by atoms with Crippen molar-refractivity contribution in [2.45, 2.75) is 33.2 Å². The van der Waals surface area contributed by atoms with Crippen molar-refractivity contribution in [1.82, 2.24) is 9.38 Å². The Morgan fingerprint density at radius 1 is 1.38 bits per heavy atom. The standard InChI is InChI=1S/C16H19N3OS/c1-10-4-5-11(2)14(8-10)20-15-13(9-12(3)17)19-6-7-21-16(19)18-15/h4-8,12H,9,17H2,1-3H3. The van der Waals surface area contributed by atoms with E-state index in [0.29, 0.717) is 5.88 Å². The Hall–Kier alpha value is -1.85. The van der Waals surface area contributed by atoms with Gasteiger partial charge in [0.1, 0.15) is 5.75 Å². The lowest BCUT2D eigenvalue weighted by Crippen LogP contribution is -2.19. The number of ether oxygens (including phenoxy) is 1. The number of fused-ring (bicyclic) bond motifs is 1. The maximum Gasteiger partial charge on any atom is 0.242 e. The van der Waals surface area contributed by atoms with Crippen molar-refractivity contribution in [3.05, 3.63) is 46.6 Å². The van der Waals surface area contributed by atoms with Gasteiger partial charge in [0.15, 0.2) is 4.96 Å². The minimum absolute atomic E-state index is 0.0609. The highest BCUT2D eigenvalue weighted by Gasteiger charge is 2.17. The topological polar surface area (TPSA) is 52.5 Å². The van der Waals surface area contributed by atoms with E-state index in [0.717, 1.165) is 28.4 Å². The number of hydrogen-bond acceptors (Lipinski definition) is 4. The first-order valence-corrected chi connectivity index (χ1v) is 7.87. The Kier molecular flexibility index (Phi) is 3.69. The molecule has 2 aromatic heterocycles. The average Bonchev–Trinajstić information content (AvgIpc) is 2.97. The van der Waals surface area contributed by atoms with Gasteiger partial charge >= 0.3 is 0 Å². The Labute approximate surface area is 128 Å². The van der Waals surface area contributed by atoms with Crippen molar-refractivity contribution in [1.29, 1.82) is 0 Å². The van der Waals surface area contributed by atoms with Crippen LogP contribution in [0.25, 0.3) is 4.96 Å². The number of nitrogens with zero attached hydrogens (tertiary/aromatic N) is 2. The quantitative estimate of drug-likeness (QED) is 0.799. The lowest BCUT2D eigenvalue weighted by Gasteiger charge is -2.10. The molecule has 0 radical (unpaired) electrons. The number of hydrogen-bond donors (Lipinski definition) is 1. The molecule has 0 amide bonds. The fourth-order valence-electron chi connectivity index (χ4n) is 2.31. The van der Waals surface area contributed by atoms with Gasteiger partial charge in [0.2, 0.25) is 5.88 Å². The summed E-state index contributed by atoms with van der Waals surface area (Å²) in [7, 11) is 0. The minimum Gasteiger partial charge on any atom is -0.437 e. The van der Waals surface area contributed by atoms with Gasteiger partial charge in [-0.25, -0.2) is 0 Å². The molecule has 110 valence electrons. The molecule has 4 nitrogen and oxygen atoms in total. The molecule has 21 heavy (non-hydrogen) atoms. The summed E-state index contributed by atoms with van der Waals surface area (Å²) >= 11 is 1.60. The van der Waals surface area contributed by atoms with E-state index in [1.54, 1.807) is 11.3 Å². The van der Waals surface area contributed by atoms with Crippen LogP contribution in [0.3, 0.4) is 0 Å². The van der Waals surface area contributed by atoms with Crippen LogP contribution in [0.5, 0.6) is 11.6 Å². The predicted molar refractivity (Wildman–Crippen MR) is 86.4 cm³/mol. The van der Waals surface area contributed by atoms with Gasteiger partial charge < -0.3 is 10.5 Å². The van der Waals surface area contributed by atoms with E-state index >= 15 is 0 Å². The number of benzene rings is 1. The number of nitrogens with two attached hydrogens (primary N) is 1. The first-order valence-electron chi connectivity index (χ1n) is 6.99. The van der Waals surface area contributed by atoms with Crippen LogP contribution in [-0.2, 0) is 6.42 Å². The molecule has 5 heteroatoms.